The van der Waals surface area contributed by atoms with E-state index in [0.29, 0.717) is 5.69 Å². The van der Waals surface area contributed by atoms with Crippen LogP contribution in [0.4, 0.5) is 5.69 Å². The Kier molecular flexibility index (Phi) is 6.14. The molecule has 0 unspecified atom stereocenters. The van der Waals surface area contributed by atoms with Crippen LogP contribution in [0.15, 0.2) is 60.7 Å². The first kappa shape index (κ1) is 22.3. The van der Waals surface area contributed by atoms with E-state index in [1.165, 1.54) is 28.8 Å². The van der Waals surface area contributed by atoms with Crippen LogP contribution in [-0.4, -0.2) is 29.1 Å². The molecule has 5 rings (SSSR count). The average molecular weight is 453 g/mol. The molecular formula is C30H32N2O2. The third-order valence-electron chi connectivity index (χ3n) is 7.15. The summed E-state index contributed by atoms with van der Waals surface area (Å²) in [5.41, 5.74) is 9.71. The number of benzene rings is 3. The van der Waals surface area contributed by atoms with Gasteiger partial charge in [0.05, 0.1) is 5.52 Å². The number of fused-ring (bicyclic) bond motifs is 2. The molecule has 4 heteroatoms. The fourth-order valence-electron chi connectivity index (χ4n) is 5.46. The van der Waals surface area contributed by atoms with Gasteiger partial charge in [-0.1, -0.05) is 60.2 Å². The maximum atomic E-state index is 12.1. The predicted octanol–water partition coefficient (Wildman–Crippen LogP) is 6.93. The Bertz CT molecular complexity index is 1350. The maximum Gasteiger partial charge on any atom is 0.352 e. The van der Waals surface area contributed by atoms with Crippen molar-refractivity contribution >= 4 is 22.6 Å². The van der Waals surface area contributed by atoms with E-state index in [2.05, 4.69) is 66.2 Å². The second-order valence-corrected chi connectivity index (χ2v) is 9.51. The summed E-state index contributed by atoms with van der Waals surface area (Å²) in [5.74, 6) is -0.887. The largest absolute Gasteiger partial charge is 0.477 e. The van der Waals surface area contributed by atoms with Crippen molar-refractivity contribution in [3.05, 3.63) is 88.6 Å². The molecule has 0 aliphatic carbocycles. The number of carbonyl (C=O) groups is 1. The first-order valence-corrected chi connectivity index (χ1v) is 12.3. The van der Waals surface area contributed by atoms with Gasteiger partial charge in [-0.25, -0.2) is 4.79 Å². The quantitative estimate of drug-likeness (QED) is 0.299. The van der Waals surface area contributed by atoms with Gasteiger partial charge in [0, 0.05) is 29.7 Å². The van der Waals surface area contributed by atoms with Crippen molar-refractivity contribution in [2.75, 3.05) is 18.0 Å². The first-order valence-electron chi connectivity index (χ1n) is 12.3. The van der Waals surface area contributed by atoms with Gasteiger partial charge in [-0.05, 0) is 74.3 Å². The normalized spacial score (nSPS) is 13.3. The van der Waals surface area contributed by atoms with Crippen molar-refractivity contribution in [2.45, 2.75) is 46.0 Å². The topological polar surface area (TPSA) is 56.3 Å². The second kappa shape index (κ2) is 9.38. The van der Waals surface area contributed by atoms with Crippen LogP contribution in [0, 0.1) is 13.8 Å². The zero-order valence-corrected chi connectivity index (χ0v) is 20.0. The molecule has 0 amide bonds. The van der Waals surface area contributed by atoms with Crippen LogP contribution in [0.2, 0.25) is 0 Å². The highest BCUT2D eigenvalue weighted by molar-refractivity contribution is 6.03. The number of aromatic amines is 1. The van der Waals surface area contributed by atoms with Crippen molar-refractivity contribution in [1.29, 1.82) is 0 Å². The van der Waals surface area contributed by atoms with Crippen LogP contribution in [0.1, 0.15) is 52.0 Å². The minimum absolute atomic E-state index is 0.329. The molecular weight excluding hydrogens is 420 g/mol. The molecule has 34 heavy (non-hydrogen) atoms. The van der Waals surface area contributed by atoms with E-state index in [-0.39, 0.29) is 0 Å². The molecule has 0 saturated heterocycles. The molecule has 1 aliphatic heterocycles. The minimum atomic E-state index is -0.887. The smallest absolute Gasteiger partial charge is 0.352 e. The summed E-state index contributed by atoms with van der Waals surface area (Å²) in [7, 11) is 0. The van der Waals surface area contributed by atoms with E-state index in [1.54, 1.807) is 0 Å². The number of hydrogen-bond donors (Lipinski definition) is 2. The number of unbranched alkanes of at least 4 members (excludes halogenated alkanes) is 1. The molecule has 4 aromatic rings. The van der Waals surface area contributed by atoms with Crippen LogP contribution in [0.5, 0.6) is 0 Å². The molecule has 3 aromatic carbocycles. The number of aromatic carboxylic acids is 1. The van der Waals surface area contributed by atoms with Gasteiger partial charge in [0.2, 0.25) is 0 Å². The van der Waals surface area contributed by atoms with Crippen molar-refractivity contribution in [3.63, 3.8) is 0 Å². The third-order valence-corrected chi connectivity index (χ3v) is 7.15. The molecule has 2 N–H and O–H groups in total. The second-order valence-electron chi connectivity index (χ2n) is 9.51. The molecule has 1 aromatic heterocycles. The molecule has 2 heterocycles. The van der Waals surface area contributed by atoms with E-state index in [4.69, 9.17) is 0 Å². The number of hydrogen-bond acceptors (Lipinski definition) is 2. The van der Waals surface area contributed by atoms with E-state index >= 15 is 0 Å². The number of nitrogens with zero attached hydrogens (tertiary/aromatic N) is 1. The molecule has 0 saturated carbocycles. The summed E-state index contributed by atoms with van der Waals surface area (Å²) in [4.78, 5) is 17.9. The van der Waals surface area contributed by atoms with Gasteiger partial charge in [0.15, 0.2) is 0 Å². The summed E-state index contributed by atoms with van der Waals surface area (Å²) >= 11 is 0. The zero-order valence-electron chi connectivity index (χ0n) is 20.0. The summed E-state index contributed by atoms with van der Waals surface area (Å²) in [5, 5.41) is 11.0. The van der Waals surface area contributed by atoms with Crippen LogP contribution in [-0.2, 0) is 12.8 Å². The molecule has 0 radical (unpaired) electrons. The lowest BCUT2D eigenvalue weighted by Crippen LogP contribution is -2.30. The molecule has 0 bridgehead atoms. The Balaban J connectivity index is 1.36. The summed E-state index contributed by atoms with van der Waals surface area (Å²) in [6, 6.07) is 21.2. The van der Waals surface area contributed by atoms with Gasteiger partial charge in [0.1, 0.15) is 5.69 Å². The average Bonchev–Trinajstić information content (AvgIpc) is 3.21. The van der Waals surface area contributed by atoms with Crippen molar-refractivity contribution in [2.24, 2.45) is 0 Å². The monoisotopic (exact) mass is 452 g/mol. The maximum absolute atomic E-state index is 12.1. The highest BCUT2D eigenvalue weighted by Crippen LogP contribution is 2.34. The minimum Gasteiger partial charge on any atom is -0.477 e. The SMILES string of the molecule is Cc1ccc2c(c1)CCCN2CCCCc1c(C(=O)O)[nH]c2c(-c3ccccc3C)cccc12. The number of carboxylic acids is 1. The van der Waals surface area contributed by atoms with E-state index in [1.807, 2.05) is 18.2 Å². The Morgan fingerprint density at radius 1 is 1.00 bits per heavy atom. The third kappa shape index (κ3) is 4.21. The van der Waals surface area contributed by atoms with Crippen LogP contribution in [0.25, 0.3) is 22.0 Å². The zero-order chi connectivity index (χ0) is 23.7. The number of para-hydroxylation sites is 1. The van der Waals surface area contributed by atoms with Gasteiger partial charge in [-0.2, -0.15) is 0 Å². The van der Waals surface area contributed by atoms with Gasteiger partial charge in [-0.3, -0.25) is 0 Å². The van der Waals surface area contributed by atoms with Gasteiger partial charge >= 0.3 is 5.97 Å². The van der Waals surface area contributed by atoms with Gasteiger partial charge in [-0.15, -0.1) is 0 Å². The first-order chi connectivity index (χ1) is 16.5. The molecule has 174 valence electrons. The van der Waals surface area contributed by atoms with E-state index < -0.39 is 5.97 Å². The summed E-state index contributed by atoms with van der Waals surface area (Å²) in [6.07, 6.45) is 5.11. The number of rotatable bonds is 7. The fraction of sp³-hybridized carbons (Fsp3) is 0.300. The molecule has 1 aliphatic rings. The molecule has 0 fully saturated rings. The van der Waals surface area contributed by atoms with Crippen LogP contribution in [0.3, 0.4) is 0 Å². The number of carboxylic acid groups (broad SMARTS) is 1. The van der Waals surface area contributed by atoms with Crippen molar-refractivity contribution in [1.82, 2.24) is 4.98 Å². The number of H-pyrrole nitrogens is 1. The van der Waals surface area contributed by atoms with Crippen molar-refractivity contribution in [3.8, 4) is 11.1 Å². The summed E-state index contributed by atoms with van der Waals surface area (Å²) < 4.78 is 0. The lowest BCUT2D eigenvalue weighted by Gasteiger charge is -2.31. The molecule has 0 atom stereocenters. The van der Waals surface area contributed by atoms with E-state index in [9.17, 15) is 9.90 Å². The van der Waals surface area contributed by atoms with Crippen LogP contribution >= 0.6 is 0 Å². The lowest BCUT2D eigenvalue weighted by atomic mass is 9.96. The number of nitrogens with one attached hydrogen (secondary N) is 1. The predicted molar refractivity (Wildman–Crippen MR) is 140 cm³/mol. The van der Waals surface area contributed by atoms with Gasteiger partial charge in [0.25, 0.3) is 0 Å². The lowest BCUT2D eigenvalue weighted by molar-refractivity contribution is 0.0690. The Morgan fingerprint density at radius 3 is 2.65 bits per heavy atom. The fourth-order valence-corrected chi connectivity index (χ4v) is 5.46. The standard InChI is InChI=1S/C30H32N2O2/c1-20-15-16-27-22(19-20)10-8-18-32(27)17-6-5-12-26-25-14-7-13-24(23-11-4-3-9-21(23)2)28(25)31-29(26)30(33)34/h3-4,7,9,11,13-16,19,31H,5-6,8,10,12,17-18H2,1-2H3,(H,33,34). The Morgan fingerprint density at radius 2 is 1.82 bits per heavy atom. The van der Waals surface area contributed by atoms with Gasteiger partial charge < -0.3 is 15.0 Å². The Labute approximate surface area is 201 Å². The number of aryl methyl sites for hydroxylation is 4. The highest BCUT2D eigenvalue weighted by atomic mass is 16.4. The molecule has 4 nitrogen and oxygen atoms in total. The van der Waals surface area contributed by atoms with Crippen molar-refractivity contribution < 1.29 is 9.90 Å². The van der Waals surface area contributed by atoms with E-state index in [0.717, 1.165) is 66.4 Å². The number of anilines is 1. The van der Waals surface area contributed by atoms with Crippen LogP contribution < -0.4 is 4.90 Å². The number of aromatic nitrogens is 1. The Hall–Kier alpha value is -3.53. The highest BCUT2D eigenvalue weighted by Gasteiger charge is 2.20. The molecule has 0 spiro atoms. The summed E-state index contributed by atoms with van der Waals surface area (Å²) in [6.45, 7) is 6.36.